The van der Waals surface area contributed by atoms with Gasteiger partial charge in [0.2, 0.25) is 0 Å². The van der Waals surface area contributed by atoms with Crippen LogP contribution in [0.3, 0.4) is 0 Å². The SMILES string of the molecule is C[N+]1=C(c2ccccc2)C(Br)CCC1.[Br-]. The molecule has 1 nitrogen and oxygen atoms in total. The average Bonchev–Trinajstić information content (AvgIpc) is 2.19. The second kappa shape index (κ2) is 5.80. The van der Waals surface area contributed by atoms with Crippen LogP contribution in [0.15, 0.2) is 30.3 Å². The Morgan fingerprint density at radius 3 is 2.53 bits per heavy atom. The van der Waals surface area contributed by atoms with E-state index in [1.807, 2.05) is 0 Å². The van der Waals surface area contributed by atoms with Crippen molar-refractivity contribution < 1.29 is 21.6 Å². The quantitative estimate of drug-likeness (QED) is 0.490. The Balaban J connectivity index is 0.00000112. The van der Waals surface area contributed by atoms with Gasteiger partial charge in [-0.2, -0.15) is 0 Å². The highest BCUT2D eigenvalue weighted by Crippen LogP contribution is 2.19. The van der Waals surface area contributed by atoms with E-state index in [1.54, 1.807) is 0 Å². The maximum Gasteiger partial charge on any atom is 0.196 e. The van der Waals surface area contributed by atoms with E-state index in [0.29, 0.717) is 4.83 Å². The van der Waals surface area contributed by atoms with Crippen molar-refractivity contribution in [1.29, 1.82) is 0 Å². The molecular weight excluding hydrogens is 318 g/mol. The van der Waals surface area contributed by atoms with Crippen molar-refractivity contribution in [2.75, 3.05) is 13.6 Å². The third-order valence-corrected chi connectivity index (χ3v) is 3.62. The van der Waals surface area contributed by atoms with Gasteiger partial charge in [-0.3, -0.25) is 0 Å². The second-order valence-corrected chi connectivity index (χ2v) is 4.89. The molecule has 1 atom stereocenters. The summed E-state index contributed by atoms with van der Waals surface area (Å²) in [5, 5.41) is 0. The molecule has 1 aliphatic rings. The van der Waals surface area contributed by atoms with Gasteiger partial charge in [-0.05, 0) is 18.6 Å². The highest BCUT2D eigenvalue weighted by molar-refractivity contribution is 9.10. The van der Waals surface area contributed by atoms with Gasteiger partial charge in [0.25, 0.3) is 0 Å². The average molecular weight is 333 g/mol. The van der Waals surface area contributed by atoms with Gasteiger partial charge in [-0.15, -0.1) is 0 Å². The smallest absolute Gasteiger partial charge is 0.196 e. The molecule has 0 bridgehead atoms. The third-order valence-electron chi connectivity index (χ3n) is 2.73. The highest BCUT2D eigenvalue weighted by atomic mass is 79.9. The molecule has 0 N–H and O–H groups in total. The summed E-state index contributed by atoms with van der Waals surface area (Å²) in [7, 11) is 2.18. The van der Waals surface area contributed by atoms with Crippen LogP contribution >= 0.6 is 15.9 Å². The van der Waals surface area contributed by atoms with Crippen LogP contribution in [0.2, 0.25) is 0 Å². The lowest BCUT2D eigenvalue weighted by atomic mass is 10.0. The lowest BCUT2D eigenvalue weighted by Gasteiger charge is -2.17. The Morgan fingerprint density at radius 1 is 1.27 bits per heavy atom. The molecule has 0 fully saturated rings. The van der Waals surface area contributed by atoms with Gasteiger partial charge in [0.05, 0.1) is 4.83 Å². The molecular formula is C12H15Br2N. The summed E-state index contributed by atoms with van der Waals surface area (Å²) in [4.78, 5) is 0.517. The van der Waals surface area contributed by atoms with Crippen molar-refractivity contribution in [3.63, 3.8) is 0 Å². The minimum absolute atomic E-state index is 0. The molecule has 0 spiro atoms. The number of hydrogen-bond donors (Lipinski definition) is 0. The van der Waals surface area contributed by atoms with Crippen molar-refractivity contribution in [3.8, 4) is 0 Å². The molecule has 1 heterocycles. The van der Waals surface area contributed by atoms with E-state index in [-0.39, 0.29) is 17.0 Å². The van der Waals surface area contributed by atoms with E-state index in [0.717, 1.165) is 0 Å². The van der Waals surface area contributed by atoms with Crippen molar-refractivity contribution in [1.82, 2.24) is 0 Å². The van der Waals surface area contributed by atoms with Crippen LogP contribution in [-0.4, -0.2) is 28.7 Å². The summed E-state index contributed by atoms with van der Waals surface area (Å²) in [6, 6.07) is 10.6. The summed E-state index contributed by atoms with van der Waals surface area (Å²) in [5.41, 5.74) is 2.77. The Morgan fingerprint density at radius 2 is 1.93 bits per heavy atom. The van der Waals surface area contributed by atoms with Gasteiger partial charge >= 0.3 is 0 Å². The predicted molar refractivity (Wildman–Crippen MR) is 63.6 cm³/mol. The number of rotatable bonds is 1. The number of halogens is 2. The largest absolute Gasteiger partial charge is 1.00 e. The minimum atomic E-state index is 0. The first-order valence-electron chi connectivity index (χ1n) is 5.06. The van der Waals surface area contributed by atoms with Gasteiger partial charge in [-0.1, -0.05) is 34.1 Å². The maximum atomic E-state index is 3.75. The molecule has 0 saturated carbocycles. The van der Waals surface area contributed by atoms with Gasteiger partial charge in [0.15, 0.2) is 5.71 Å². The molecule has 0 aromatic heterocycles. The van der Waals surface area contributed by atoms with E-state index in [2.05, 4.69) is 57.9 Å². The van der Waals surface area contributed by atoms with Crippen molar-refractivity contribution in [2.24, 2.45) is 0 Å². The molecule has 15 heavy (non-hydrogen) atoms. The van der Waals surface area contributed by atoms with Gasteiger partial charge < -0.3 is 17.0 Å². The van der Waals surface area contributed by atoms with Crippen LogP contribution < -0.4 is 17.0 Å². The van der Waals surface area contributed by atoms with Gasteiger partial charge in [0.1, 0.15) is 13.6 Å². The first kappa shape index (κ1) is 12.9. The van der Waals surface area contributed by atoms with Gasteiger partial charge in [0, 0.05) is 12.0 Å². The Kier molecular flexibility index (Phi) is 5.00. The number of nitrogens with zero attached hydrogens (tertiary/aromatic N) is 1. The number of alkyl halides is 1. The first-order chi connectivity index (χ1) is 6.79. The number of benzene rings is 1. The molecule has 1 aromatic carbocycles. The molecule has 3 heteroatoms. The Bertz CT molecular complexity index is 346. The second-order valence-electron chi connectivity index (χ2n) is 3.78. The number of hydrogen-bond acceptors (Lipinski definition) is 0. The molecule has 0 radical (unpaired) electrons. The summed E-state index contributed by atoms with van der Waals surface area (Å²) >= 11 is 3.75. The lowest BCUT2D eigenvalue weighted by molar-refractivity contribution is -0.501. The molecule has 1 aromatic rings. The molecule has 2 rings (SSSR count). The predicted octanol–water partition coefficient (Wildman–Crippen LogP) is -0.321. The Labute approximate surface area is 110 Å². The van der Waals surface area contributed by atoms with E-state index < -0.39 is 0 Å². The maximum absolute atomic E-state index is 3.75. The van der Waals surface area contributed by atoms with Crippen LogP contribution in [0, 0.1) is 0 Å². The standard InChI is InChI=1S/C12H15BrN.BrH/c1-14-9-5-8-11(13)12(14)10-6-3-2-4-7-10;/h2-4,6-7,11H,5,8-9H2,1H3;1H/q+1;/p-1. The fourth-order valence-corrected chi connectivity index (χ4v) is 2.95. The Hall–Kier alpha value is -0.150. The van der Waals surface area contributed by atoms with E-state index >= 15 is 0 Å². The summed E-state index contributed by atoms with van der Waals surface area (Å²) in [6.45, 7) is 1.17. The topological polar surface area (TPSA) is 3.01 Å². The van der Waals surface area contributed by atoms with E-state index in [4.69, 9.17) is 0 Å². The molecule has 0 aliphatic carbocycles. The monoisotopic (exact) mass is 331 g/mol. The van der Waals surface area contributed by atoms with Crippen LogP contribution in [0.1, 0.15) is 18.4 Å². The summed E-state index contributed by atoms with van der Waals surface area (Å²) in [6.07, 6.45) is 2.53. The highest BCUT2D eigenvalue weighted by Gasteiger charge is 2.26. The molecule has 1 unspecified atom stereocenters. The minimum Gasteiger partial charge on any atom is -1.00 e. The molecule has 1 aliphatic heterocycles. The molecule has 0 saturated heterocycles. The zero-order chi connectivity index (χ0) is 9.97. The zero-order valence-electron chi connectivity index (χ0n) is 8.79. The van der Waals surface area contributed by atoms with Gasteiger partial charge in [-0.25, -0.2) is 4.58 Å². The zero-order valence-corrected chi connectivity index (χ0v) is 12.0. The normalized spacial score (nSPS) is 21.1. The van der Waals surface area contributed by atoms with Crippen molar-refractivity contribution in [3.05, 3.63) is 35.9 Å². The van der Waals surface area contributed by atoms with Crippen molar-refractivity contribution in [2.45, 2.75) is 17.7 Å². The van der Waals surface area contributed by atoms with Crippen LogP contribution in [0.4, 0.5) is 0 Å². The van der Waals surface area contributed by atoms with Crippen molar-refractivity contribution >= 4 is 21.6 Å². The fraction of sp³-hybridized carbons (Fsp3) is 0.417. The van der Waals surface area contributed by atoms with Crippen LogP contribution in [0.25, 0.3) is 0 Å². The summed E-state index contributed by atoms with van der Waals surface area (Å²) in [5.74, 6) is 0. The first-order valence-corrected chi connectivity index (χ1v) is 5.98. The van der Waals surface area contributed by atoms with Crippen LogP contribution in [-0.2, 0) is 0 Å². The lowest BCUT2D eigenvalue weighted by Crippen LogP contribution is -3.00. The molecule has 0 amide bonds. The third kappa shape index (κ3) is 2.91. The summed E-state index contributed by atoms with van der Waals surface area (Å²) < 4.78 is 2.36. The fourth-order valence-electron chi connectivity index (χ4n) is 2.01. The van der Waals surface area contributed by atoms with E-state index in [1.165, 1.54) is 30.7 Å². The van der Waals surface area contributed by atoms with E-state index in [9.17, 15) is 0 Å². The van der Waals surface area contributed by atoms with Crippen LogP contribution in [0.5, 0.6) is 0 Å². The molecule has 82 valence electrons.